The standard InChI is InChI=1S/C15H22N4O2S/c1-4-16-15(22)19-18-14(21)8-7-13(20)17-12-6-5-10(2)9-11(12)3/h5-6,9H,4,7-8H2,1-3H3,(H,17,20)(H,18,21)(H2,16,19,22). The summed E-state index contributed by atoms with van der Waals surface area (Å²) in [4.78, 5) is 23.4. The Morgan fingerprint density at radius 1 is 1.09 bits per heavy atom. The predicted octanol–water partition coefficient (Wildman–Crippen LogP) is 1.54. The number of nitrogens with one attached hydrogen (secondary N) is 4. The number of anilines is 1. The highest BCUT2D eigenvalue weighted by Gasteiger charge is 2.08. The van der Waals surface area contributed by atoms with Crippen LogP contribution in [0.25, 0.3) is 0 Å². The molecule has 0 aromatic heterocycles. The SMILES string of the molecule is CCNC(=S)NNC(=O)CCC(=O)Nc1ccc(C)cc1C. The van der Waals surface area contributed by atoms with Crippen LogP contribution >= 0.6 is 12.2 Å². The van der Waals surface area contributed by atoms with Crippen LogP contribution < -0.4 is 21.5 Å². The van der Waals surface area contributed by atoms with E-state index in [0.717, 1.165) is 16.8 Å². The van der Waals surface area contributed by atoms with Gasteiger partial charge in [0.15, 0.2) is 5.11 Å². The Kier molecular flexibility index (Phi) is 7.31. The third kappa shape index (κ3) is 6.53. The third-order valence-electron chi connectivity index (χ3n) is 2.89. The van der Waals surface area contributed by atoms with Gasteiger partial charge in [-0.25, -0.2) is 0 Å². The third-order valence-corrected chi connectivity index (χ3v) is 3.13. The number of carbonyl (C=O) groups is 2. The number of hydrogen-bond donors (Lipinski definition) is 4. The van der Waals surface area contributed by atoms with Gasteiger partial charge in [0.05, 0.1) is 0 Å². The molecule has 0 atom stereocenters. The molecular formula is C15H22N4O2S. The lowest BCUT2D eigenvalue weighted by Crippen LogP contribution is -2.46. The Hall–Kier alpha value is -2.15. The highest BCUT2D eigenvalue weighted by molar-refractivity contribution is 7.80. The summed E-state index contributed by atoms with van der Waals surface area (Å²) in [5.41, 5.74) is 7.89. The summed E-state index contributed by atoms with van der Waals surface area (Å²) in [6, 6.07) is 5.79. The lowest BCUT2D eigenvalue weighted by molar-refractivity contribution is -0.124. The maximum absolute atomic E-state index is 11.8. The van der Waals surface area contributed by atoms with Gasteiger partial charge < -0.3 is 10.6 Å². The lowest BCUT2D eigenvalue weighted by Gasteiger charge is -2.11. The molecule has 0 unspecified atom stereocenters. The molecule has 22 heavy (non-hydrogen) atoms. The van der Waals surface area contributed by atoms with E-state index in [1.807, 2.05) is 39.0 Å². The smallest absolute Gasteiger partial charge is 0.238 e. The molecule has 6 nitrogen and oxygen atoms in total. The average Bonchev–Trinajstić information content (AvgIpc) is 2.46. The minimum absolute atomic E-state index is 0.0818. The van der Waals surface area contributed by atoms with Gasteiger partial charge in [-0.05, 0) is 44.6 Å². The number of aryl methyl sites for hydroxylation is 2. The van der Waals surface area contributed by atoms with Gasteiger partial charge >= 0.3 is 0 Å². The fourth-order valence-corrected chi connectivity index (χ4v) is 1.98. The van der Waals surface area contributed by atoms with Crippen molar-refractivity contribution in [3.63, 3.8) is 0 Å². The molecule has 7 heteroatoms. The van der Waals surface area contributed by atoms with E-state index in [0.29, 0.717) is 11.7 Å². The van der Waals surface area contributed by atoms with Gasteiger partial charge in [0.25, 0.3) is 0 Å². The first-order valence-corrected chi connectivity index (χ1v) is 7.53. The fraction of sp³-hybridized carbons (Fsp3) is 0.400. The molecule has 120 valence electrons. The van der Waals surface area contributed by atoms with Gasteiger partial charge in [0, 0.05) is 25.1 Å². The summed E-state index contributed by atoms with van der Waals surface area (Å²) in [5.74, 6) is -0.493. The summed E-state index contributed by atoms with van der Waals surface area (Å²) in [6.45, 7) is 6.49. The van der Waals surface area contributed by atoms with Crippen LogP contribution in [0.5, 0.6) is 0 Å². The molecule has 0 saturated carbocycles. The van der Waals surface area contributed by atoms with E-state index < -0.39 is 0 Å². The number of rotatable bonds is 5. The van der Waals surface area contributed by atoms with Crippen molar-refractivity contribution in [3.05, 3.63) is 29.3 Å². The van der Waals surface area contributed by atoms with Crippen LogP contribution in [0.15, 0.2) is 18.2 Å². The largest absolute Gasteiger partial charge is 0.362 e. The number of hydrogen-bond acceptors (Lipinski definition) is 3. The minimum Gasteiger partial charge on any atom is -0.362 e. The molecule has 0 spiro atoms. The Morgan fingerprint density at radius 2 is 1.77 bits per heavy atom. The second kappa shape index (κ2) is 8.99. The van der Waals surface area contributed by atoms with Crippen molar-refractivity contribution in [2.75, 3.05) is 11.9 Å². The molecule has 2 amide bonds. The van der Waals surface area contributed by atoms with Crippen LogP contribution in [-0.4, -0.2) is 23.5 Å². The molecule has 0 aliphatic rings. The van der Waals surface area contributed by atoms with Crippen molar-refractivity contribution >= 4 is 34.8 Å². The first-order valence-electron chi connectivity index (χ1n) is 7.12. The van der Waals surface area contributed by atoms with Crippen molar-refractivity contribution in [1.29, 1.82) is 0 Å². The maximum Gasteiger partial charge on any atom is 0.238 e. The Balaban J connectivity index is 2.33. The Labute approximate surface area is 136 Å². The van der Waals surface area contributed by atoms with Crippen LogP contribution in [0.3, 0.4) is 0 Å². The first-order chi connectivity index (χ1) is 10.4. The number of benzene rings is 1. The second-order valence-corrected chi connectivity index (χ2v) is 5.31. The topological polar surface area (TPSA) is 82.3 Å². The lowest BCUT2D eigenvalue weighted by atomic mass is 10.1. The molecule has 0 saturated heterocycles. The zero-order chi connectivity index (χ0) is 16.5. The van der Waals surface area contributed by atoms with E-state index in [1.54, 1.807) is 0 Å². The van der Waals surface area contributed by atoms with Gasteiger partial charge in [-0.3, -0.25) is 20.4 Å². The first kappa shape index (κ1) is 17.9. The van der Waals surface area contributed by atoms with E-state index in [9.17, 15) is 9.59 Å². The normalized spacial score (nSPS) is 9.77. The summed E-state index contributed by atoms with van der Waals surface area (Å²) in [7, 11) is 0. The Morgan fingerprint density at radius 3 is 2.41 bits per heavy atom. The van der Waals surface area contributed by atoms with Gasteiger partial charge in [-0.15, -0.1) is 0 Å². The zero-order valence-electron chi connectivity index (χ0n) is 13.1. The molecule has 1 aromatic carbocycles. The van der Waals surface area contributed by atoms with Crippen LogP contribution in [0.4, 0.5) is 5.69 Å². The van der Waals surface area contributed by atoms with E-state index in [2.05, 4.69) is 21.5 Å². The summed E-state index contributed by atoms with van der Waals surface area (Å²) in [6.07, 6.45) is 0.188. The maximum atomic E-state index is 11.8. The quantitative estimate of drug-likeness (QED) is 0.488. The van der Waals surface area contributed by atoms with Crippen molar-refractivity contribution in [1.82, 2.24) is 16.2 Å². The summed E-state index contributed by atoms with van der Waals surface area (Å²) >= 11 is 4.90. The highest BCUT2D eigenvalue weighted by atomic mass is 32.1. The van der Waals surface area contributed by atoms with E-state index in [1.165, 1.54) is 0 Å². The second-order valence-electron chi connectivity index (χ2n) is 4.90. The van der Waals surface area contributed by atoms with E-state index in [4.69, 9.17) is 12.2 Å². The molecule has 0 bridgehead atoms. The summed E-state index contributed by atoms with van der Waals surface area (Å²) < 4.78 is 0. The van der Waals surface area contributed by atoms with Crippen LogP contribution in [0.1, 0.15) is 30.9 Å². The fourth-order valence-electron chi connectivity index (χ4n) is 1.79. The van der Waals surface area contributed by atoms with Crippen molar-refractivity contribution in [2.45, 2.75) is 33.6 Å². The van der Waals surface area contributed by atoms with Crippen LogP contribution in [-0.2, 0) is 9.59 Å². The highest BCUT2D eigenvalue weighted by Crippen LogP contribution is 2.16. The van der Waals surface area contributed by atoms with Crippen LogP contribution in [0, 0.1) is 13.8 Å². The van der Waals surface area contributed by atoms with Crippen molar-refractivity contribution < 1.29 is 9.59 Å². The average molecular weight is 322 g/mol. The molecule has 1 aromatic rings. The molecule has 0 heterocycles. The predicted molar refractivity (Wildman–Crippen MR) is 91.3 cm³/mol. The number of hydrazine groups is 1. The van der Waals surface area contributed by atoms with Gasteiger partial charge in [-0.1, -0.05) is 17.7 Å². The van der Waals surface area contributed by atoms with Gasteiger partial charge in [0.1, 0.15) is 0 Å². The number of thiocarbonyl (C=S) groups is 1. The van der Waals surface area contributed by atoms with E-state index in [-0.39, 0.29) is 24.7 Å². The Bertz CT molecular complexity index is 560. The molecule has 0 aliphatic carbocycles. The monoisotopic (exact) mass is 322 g/mol. The van der Waals surface area contributed by atoms with Gasteiger partial charge in [-0.2, -0.15) is 0 Å². The molecule has 1 rings (SSSR count). The minimum atomic E-state index is -0.295. The van der Waals surface area contributed by atoms with Crippen LogP contribution in [0.2, 0.25) is 0 Å². The van der Waals surface area contributed by atoms with Crippen molar-refractivity contribution in [3.8, 4) is 0 Å². The number of carbonyl (C=O) groups excluding carboxylic acids is 2. The molecule has 0 radical (unpaired) electrons. The van der Waals surface area contributed by atoms with Gasteiger partial charge in [0.2, 0.25) is 11.8 Å². The molecule has 4 N–H and O–H groups in total. The van der Waals surface area contributed by atoms with E-state index >= 15 is 0 Å². The molecule has 0 aliphatic heterocycles. The van der Waals surface area contributed by atoms with Crippen molar-refractivity contribution in [2.24, 2.45) is 0 Å². The molecule has 0 fully saturated rings. The zero-order valence-corrected chi connectivity index (χ0v) is 13.9. The number of amides is 2. The summed E-state index contributed by atoms with van der Waals surface area (Å²) in [5, 5.41) is 5.98. The molecular weight excluding hydrogens is 300 g/mol.